The Morgan fingerprint density at radius 1 is 0.562 bits per heavy atom. The summed E-state index contributed by atoms with van der Waals surface area (Å²) in [5.41, 5.74) is 7.91. The number of fused-ring (bicyclic) bond motifs is 8. The van der Waals surface area contributed by atoms with E-state index in [2.05, 4.69) is 97.1 Å². The molecular formula is C43H29N3O2. The fourth-order valence-corrected chi connectivity index (χ4v) is 7.49. The van der Waals surface area contributed by atoms with Gasteiger partial charge in [0.15, 0.2) is 17.5 Å². The molecule has 0 saturated heterocycles. The van der Waals surface area contributed by atoms with Gasteiger partial charge in [-0.15, -0.1) is 0 Å². The first-order valence-corrected chi connectivity index (χ1v) is 16.5. The molecule has 2 aliphatic carbocycles. The molecule has 5 aromatic carbocycles. The Hall–Kier alpha value is -6.07. The molecule has 8 aromatic rings. The van der Waals surface area contributed by atoms with Crippen LogP contribution in [-0.4, -0.2) is 15.0 Å². The molecule has 1 unspecified atom stereocenters. The third-order valence-corrected chi connectivity index (χ3v) is 9.72. The van der Waals surface area contributed by atoms with Crippen molar-refractivity contribution in [3.8, 4) is 11.4 Å². The van der Waals surface area contributed by atoms with Crippen LogP contribution in [0.2, 0.25) is 0 Å². The van der Waals surface area contributed by atoms with Gasteiger partial charge in [0.1, 0.15) is 22.5 Å². The van der Waals surface area contributed by atoms with E-state index in [9.17, 15) is 0 Å². The van der Waals surface area contributed by atoms with Gasteiger partial charge < -0.3 is 8.83 Å². The van der Waals surface area contributed by atoms with Crippen molar-refractivity contribution in [1.29, 1.82) is 0 Å². The van der Waals surface area contributed by atoms with Crippen molar-refractivity contribution in [3.63, 3.8) is 0 Å². The van der Waals surface area contributed by atoms with Gasteiger partial charge in [-0.05, 0) is 48.4 Å². The Balaban J connectivity index is 1.21. The van der Waals surface area contributed by atoms with Crippen molar-refractivity contribution >= 4 is 54.8 Å². The van der Waals surface area contributed by atoms with Crippen LogP contribution in [0.3, 0.4) is 0 Å². The number of allylic oxidation sites excluding steroid dienone is 5. The smallest absolute Gasteiger partial charge is 0.164 e. The van der Waals surface area contributed by atoms with Gasteiger partial charge in [-0.2, -0.15) is 0 Å². The molecule has 3 aromatic heterocycles. The molecule has 0 fully saturated rings. The van der Waals surface area contributed by atoms with Crippen LogP contribution in [-0.2, 0) is 0 Å². The first-order valence-electron chi connectivity index (χ1n) is 16.5. The van der Waals surface area contributed by atoms with Crippen LogP contribution in [0.4, 0.5) is 0 Å². The molecule has 0 bridgehead atoms. The van der Waals surface area contributed by atoms with Crippen molar-refractivity contribution in [3.05, 3.63) is 162 Å². The lowest BCUT2D eigenvalue weighted by atomic mass is 9.80. The molecule has 5 heteroatoms. The topological polar surface area (TPSA) is 65.0 Å². The average Bonchev–Trinajstić information content (AvgIpc) is 3.74. The summed E-state index contributed by atoms with van der Waals surface area (Å²) in [4.78, 5) is 15.2. The molecule has 3 heterocycles. The largest absolute Gasteiger partial charge is 0.460 e. The summed E-state index contributed by atoms with van der Waals surface area (Å²) in [5, 5.41) is 5.57. The van der Waals surface area contributed by atoms with Crippen LogP contribution >= 0.6 is 0 Å². The molecule has 228 valence electrons. The highest BCUT2D eigenvalue weighted by Gasteiger charge is 2.33. The number of furan rings is 2. The zero-order valence-corrected chi connectivity index (χ0v) is 26.1. The highest BCUT2D eigenvalue weighted by molar-refractivity contribution is 6.16. The van der Waals surface area contributed by atoms with Crippen molar-refractivity contribution in [2.75, 3.05) is 0 Å². The fourth-order valence-electron chi connectivity index (χ4n) is 7.49. The Bertz CT molecular complexity index is 2660. The lowest BCUT2D eigenvalue weighted by molar-refractivity contribution is 0.517. The number of rotatable bonds is 4. The van der Waals surface area contributed by atoms with Crippen LogP contribution in [0.15, 0.2) is 142 Å². The summed E-state index contributed by atoms with van der Waals surface area (Å²) in [6.45, 7) is 0. The molecule has 2 aliphatic rings. The lowest BCUT2D eigenvalue weighted by Crippen LogP contribution is -2.11. The van der Waals surface area contributed by atoms with Gasteiger partial charge in [-0.3, -0.25) is 0 Å². The highest BCUT2D eigenvalue weighted by atomic mass is 16.3. The molecule has 5 nitrogen and oxygen atoms in total. The highest BCUT2D eigenvalue weighted by Crippen LogP contribution is 2.48. The second kappa shape index (κ2) is 10.7. The quantitative estimate of drug-likeness (QED) is 0.196. The number of para-hydroxylation sites is 2. The van der Waals surface area contributed by atoms with Crippen molar-refractivity contribution in [1.82, 2.24) is 15.0 Å². The molecule has 0 saturated carbocycles. The Kier molecular flexibility index (Phi) is 6.06. The minimum absolute atomic E-state index is 0.0157. The Labute approximate surface area is 276 Å². The van der Waals surface area contributed by atoms with E-state index in [-0.39, 0.29) is 5.92 Å². The van der Waals surface area contributed by atoms with Crippen molar-refractivity contribution < 1.29 is 8.83 Å². The third kappa shape index (κ3) is 4.21. The Morgan fingerprint density at radius 3 is 2.06 bits per heavy atom. The first-order chi connectivity index (χ1) is 23.8. The monoisotopic (exact) mass is 619 g/mol. The second-order valence-electron chi connectivity index (χ2n) is 12.5. The summed E-state index contributed by atoms with van der Waals surface area (Å²) >= 11 is 0. The zero-order valence-electron chi connectivity index (χ0n) is 26.1. The third-order valence-electron chi connectivity index (χ3n) is 9.72. The summed E-state index contributed by atoms with van der Waals surface area (Å²) in [6, 6.07) is 37.6. The number of hydrogen-bond donors (Lipinski definition) is 0. The average molecular weight is 620 g/mol. The Morgan fingerprint density at radius 2 is 1.25 bits per heavy atom. The molecule has 1 atom stereocenters. The number of hydrogen-bond acceptors (Lipinski definition) is 5. The molecule has 48 heavy (non-hydrogen) atoms. The van der Waals surface area contributed by atoms with E-state index in [0.717, 1.165) is 85.6 Å². The zero-order chi connectivity index (χ0) is 31.6. The van der Waals surface area contributed by atoms with Crippen LogP contribution < -0.4 is 0 Å². The molecule has 0 N–H and O–H groups in total. The van der Waals surface area contributed by atoms with E-state index in [4.69, 9.17) is 23.8 Å². The number of nitrogens with zero attached hydrogens (tertiary/aromatic N) is 3. The van der Waals surface area contributed by atoms with E-state index in [1.165, 1.54) is 10.9 Å². The number of benzene rings is 5. The van der Waals surface area contributed by atoms with E-state index >= 15 is 0 Å². The summed E-state index contributed by atoms with van der Waals surface area (Å²) < 4.78 is 13.3. The normalized spacial score (nSPS) is 16.0. The van der Waals surface area contributed by atoms with Gasteiger partial charge in [0, 0.05) is 49.7 Å². The standard InChI is InChI=1S/C43H29N3O2/c1-3-13-26(14-4-1)41-44-42(27-15-5-2-6-16-27)46-43(45-41)33-24-23-31(40-38(33)32-20-10-12-22-37(32)48-40)34-25-35-29-18-9-11-21-36(29)47-39(35)30-19-8-7-17-28(30)34/h1,3-5,7-22,24-25,31H,2,6,23H2. The van der Waals surface area contributed by atoms with Crippen LogP contribution in [0, 0.1) is 0 Å². The van der Waals surface area contributed by atoms with Gasteiger partial charge in [0.2, 0.25) is 0 Å². The lowest BCUT2D eigenvalue weighted by Gasteiger charge is -2.23. The minimum atomic E-state index is -0.0157. The molecule has 10 rings (SSSR count). The summed E-state index contributed by atoms with van der Waals surface area (Å²) in [7, 11) is 0. The van der Waals surface area contributed by atoms with Gasteiger partial charge in [0.05, 0.1) is 0 Å². The molecule has 0 radical (unpaired) electrons. The minimum Gasteiger partial charge on any atom is -0.460 e. The molecule has 0 aliphatic heterocycles. The van der Waals surface area contributed by atoms with Gasteiger partial charge in [0.25, 0.3) is 0 Å². The maximum Gasteiger partial charge on any atom is 0.164 e. The van der Waals surface area contributed by atoms with Crippen LogP contribution in [0.1, 0.15) is 53.7 Å². The van der Waals surface area contributed by atoms with Gasteiger partial charge in [-0.25, -0.2) is 15.0 Å². The van der Waals surface area contributed by atoms with Gasteiger partial charge >= 0.3 is 0 Å². The van der Waals surface area contributed by atoms with Crippen molar-refractivity contribution in [2.45, 2.75) is 25.2 Å². The predicted octanol–water partition coefficient (Wildman–Crippen LogP) is 11.0. The summed E-state index contributed by atoms with van der Waals surface area (Å²) in [5.74, 6) is 2.93. The molecule has 0 amide bonds. The van der Waals surface area contributed by atoms with E-state index < -0.39 is 0 Å². The van der Waals surface area contributed by atoms with Gasteiger partial charge in [-0.1, -0.05) is 115 Å². The maximum absolute atomic E-state index is 6.84. The number of aromatic nitrogens is 3. The van der Waals surface area contributed by atoms with Crippen LogP contribution in [0.5, 0.6) is 0 Å². The van der Waals surface area contributed by atoms with Crippen molar-refractivity contribution in [2.24, 2.45) is 0 Å². The van der Waals surface area contributed by atoms with E-state index in [1.54, 1.807) is 0 Å². The second-order valence-corrected chi connectivity index (χ2v) is 12.5. The fraction of sp³-hybridized carbons (Fsp3) is 0.0930. The SMILES string of the molecule is C1=CC(c2nc(C3=CCC(c4cc5c6ccccc6oc5c5ccccc45)c4oc5ccccc5c43)nc(-c3ccccc3)n2)=CCC1. The predicted molar refractivity (Wildman–Crippen MR) is 193 cm³/mol. The molecular weight excluding hydrogens is 590 g/mol. The van der Waals surface area contributed by atoms with E-state index in [0.29, 0.717) is 17.5 Å². The maximum atomic E-state index is 6.84. The van der Waals surface area contributed by atoms with E-state index in [1.807, 2.05) is 36.4 Å². The van der Waals surface area contributed by atoms with Crippen LogP contribution in [0.25, 0.3) is 66.2 Å². The molecule has 0 spiro atoms. The first kappa shape index (κ1) is 27.1. The summed E-state index contributed by atoms with van der Waals surface area (Å²) in [6.07, 6.45) is 11.6.